The van der Waals surface area contributed by atoms with Crippen LogP contribution in [-0.4, -0.2) is 19.0 Å². The first-order chi connectivity index (χ1) is 6.48. The quantitative estimate of drug-likeness (QED) is 0.749. The van der Waals surface area contributed by atoms with Crippen molar-refractivity contribution in [2.75, 3.05) is 14.1 Å². The zero-order valence-electron chi connectivity index (χ0n) is 9.34. The lowest BCUT2D eigenvalue weighted by Gasteiger charge is -2.33. The van der Waals surface area contributed by atoms with Crippen LogP contribution >= 0.6 is 15.9 Å². The normalized spacial score (nSPS) is 12.1. The molecule has 0 saturated heterocycles. The molecular formula is C12H18BrN. The van der Waals surface area contributed by atoms with Gasteiger partial charge in [-0.3, -0.25) is 0 Å². The highest BCUT2D eigenvalue weighted by Crippen LogP contribution is 2.26. The minimum atomic E-state index is 0.0954. The van der Waals surface area contributed by atoms with Crippen molar-refractivity contribution >= 4 is 15.9 Å². The molecule has 0 aromatic heterocycles. The maximum absolute atomic E-state index is 3.48. The van der Waals surface area contributed by atoms with Gasteiger partial charge in [-0.1, -0.05) is 40.2 Å². The first kappa shape index (κ1) is 11.7. The predicted molar refractivity (Wildman–Crippen MR) is 65.8 cm³/mol. The molecule has 0 amide bonds. The van der Waals surface area contributed by atoms with Crippen molar-refractivity contribution in [2.45, 2.75) is 24.7 Å². The van der Waals surface area contributed by atoms with Gasteiger partial charge in [-0.25, -0.2) is 0 Å². The highest BCUT2D eigenvalue weighted by Gasteiger charge is 2.22. The van der Waals surface area contributed by atoms with Crippen LogP contribution in [0, 0.1) is 0 Å². The Bertz CT molecular complexity index is 305. The van der Waals surface area contributed by atoms with Gasteiger partial charge < -0.3 is 4.90 Å². The van der Waals surface area contributed by atoms with Crippen molar-refractivity contribution in [2.24, 2.45) is 0 Å². The Balaban J connectivity index is 3.06. The molecule has 0 atom stereocenters. The summed E-state index contributed by atoms with van der Waals surface area (Å²) in [5.74, 6) is 0. The molecule has 14 heavy (non-hydrogen) atoms. The molecule has 1 nitrogen and oxygen atoms in total. The molecule has 0 spiro atoms. The summed E-state index contributed by atoms with van der Waals surface area (Å²) < 4.78 is 0. The molecule has 0 aliphatic rings. The van der Waals surface area contributed by atoms with E-state index in [1.54, 1.807) is 0 Å². The molecular weight excluding hydrogens is 238 g/mol. The molecule has 0 N–H and O–H groups in total. The van der Waals surface area contributed by atoms with Crippen LogP contribution in [0.1, 0.15) is 25.0 Å². The Hall–Kier alpha value is -0.340. The summed E-state index contributed by atoms with van der Waals surface area (Å²) >= 11 is 3.48. The van der Waals surface area contributed by atoms with Gasteiger partial charge in [0, 0.05) is 10.9 Å². The van der Waals surface area contributed by atoms with Crippen molar-refractivity contribution in [3.05, 3.63) is 35.4 Å². The second-order valence-corrected chi connectivity index (χ2v) is 4.85. The standard InChI is InChI=1S/C12H18BrN/c1-12(2,14(3)4)11-7-5-6-10(8-11)9-13/h5-8H,9H2,1-4H3. The number of benzene rings is 1. The number of hydrogen-bond donors (Lipinski definition) is 0. The summed E-state index contributed by atoms with van der Waals surface area (Å²) in [4.78, 5) is 2.24. The molecule has 78 valence electrons. The van der Waals surface area contributed by atoms with Crippen molar-refractivity contribution in [1.29, 1.82) is 0 Å². The van der Waals surface area contributed by atoms with E-state index in [0.717, 1.165) is 5.33 Å². The van der Waals surface area contributed by atoms with E-state index in [1.807, 2.05) is 0 Å². The van der Waals surface area contributed by atoms with Crippen LogP contribution in [0.3, 0.4) is 0 Å². The summed E-state index contributed by atoms with van der Waals surface area (Å²) in [5, 5.41) is 0.921. The maximum atomic E-state index is 3.48. The lowest BCUT2D eigenvalue weighted by Crippen LogP contribution is -2.35. The SMILES string of the molecule is CN(C)C(C)(C)c1cccc(CBr)c1. The maximum Gasteiger partial charge on any atom is 0.0398 e. The van der Waals surface area contributed by atoms with E-state index in [9.17, 15) is 0 Å². The van der Waals surface area contributed by atoms with E-state index in [2.05, 4.69) is 73.0 Å². The predicted octanol–water partition coefficient (Wildman–Crippen LogP) is 3.38. The first-order valence-electron chi connectivity index (χ1n) is 4.81. The smallest absolute Gasteiger partial charge is 0.0398 e. The van der Waals surface area contributed by atoms with Gasteiger partial charge in [-0.2, -0.15) is 0 Å². The summed E-state index contributed by atoms with van der Waals surface area (Å²) in [6, 6.07) is 8.71. The van der Waals surface area contributed by atoms with E-state index in [4.69, 9.17) is 0 Å². The lowest BCUT2D eigenvalue weighted by atomic mass is 9.92. The molecule has 0 radical (unpaired) electrons. The highest BCUT2D eigenvalue weighted by molar-refractivity contribution is 9.08. The number of hydrogen-bond acceptors (Lipinski definition) is 1. The molecule has 2 heteroatoms. The third-order valence-corrected chi connectivity index (χ3v) is 3.55. The number of alkyl halides is 1. The monoisotopic (exact) mass is 255 g/mol. The minimum absolute atomic E-state index is 0.0954. The van der Waals surface area contributed by atoms with Gasteiger partial charge >= 0.3 is 0 Å². The lowest BCUT2D eigenvalue weighted by molar-refractivity contribution is 0.197. The fourth-order valence-electron chi connectivity index (χ4n) is 1.29. The molecule has 1 rings (SSSR count). The van der Waals surface area contributed by atoms with Crippen LogP contribution in [0.15, 0.2) is 24.3 Å². The minimum Gasteiger partial charge on any atom is -0.300 e. The third kappa shape index (κ3) is 2.37. The molecule has 0 bridgehead atoms. The molecule has 0 heterocycles. The fourth-order valence-corrected chi connectivity index (χ4v) is 1.64. The zero-order valence-corrected chi connectivity index (χ0v) is 10.9. The Kier molecular flexibility index (Phi) is 3.73. The van der Waals surface area contributed by atoms with Crippen LogP contribution in [0.2, 0.25) is 0 Å². The van der Waals surface area contributed by atoms with Gasteiger partial charge in [0.25, 0.3) is 0 Å². The molecule has 0 aliphatic heterocycles. The van der Waals surface area contributed by atoms with E-state index in [1.165, 1.54) is 11.1 Å². The van der Waals surface area contributed by atoms with Gasteiger partial charge in [0.2, 0.25) is 0 Å². The Morgan fingerprint density at radius 3 is 2.43 bits per heavy atom. The topological polar surface area (TPSA) is 3.24 Å². The van der Waals surface area contributed by atoms with E-state index < -0.39 is 0 Å². The van der Waals surface area contributed by atoms with Crippen LogP contribution in [0.5, 0.6) is 0 Å². The molecule has 0 saturated carbocycles. The van der Waals surface area contributed by atoms with Gasteiger partial charge in [-0.15, -0.1) is 0 Å². The number of halogens is 1. The van der Waals surface area contributed by atoms with Crippen LogP contribution in [-0.2, 0) is 10.9 Å². The van der Waals surface area contributed by atoms with Crippen molar-refractivity contribution in [3.8, 4) is 0 Å². The largest absolute Gasteiger partial charge is 0.300 e. The zero-order chi connectivity index (χ0) is 10.8. The van der Waals surface area contributed by atoms with E-state index in [0.29, 0.717) is 0 Å². The Labute approximate surface area is 95.2 Å². The molecule has 0 aliphatic carbocycles. The van der Waals surface area contributed by atoms with Crippen molar-refractivity contribution in [1.82, 2.24) is 4.90 Å². The molecule has 1 aromatic rings. The average molecular weight is 256 g/mol. The first-order valence-corrected chi connectivity index (χ1v) is 5.93. The highest BCUT2D eigenvalue weighted by atomic mass is 79.9. The fraction of sp³-hybridized carbons (Fsp3) is 0.500. The Morgan fingerprint density at radius 1 is 1.29 bits per heavy atom. The average Bonchev–Trinajstić information content (AvgIpc) is 2.17. The van der Waals surface area contributed by atoms with E-state index >= 15 is 0 Å². The molecule has 0 unspecified atom stereocenters. The molecule has 1 aromatic carbocycles. The van der Waals surface area contributed by atoms with E-state index in [-0.39, 0.29) is 5.54 Å². The van der Waals surface area contributed by atoms with Crippen LogP contribution in [0.25, 0.3) is 0 Å². The van der Waals surface area contributed by atoms with Gasteiger partial charge in [0.1, 0.15) is 0 Å². The third-order valence-electron chi connectivity index (χ3n) is 2.91. The summed E-state index contributed by atoms with van der Waals surface area (Å²) in [7, 11) is 4.22. The van der Waals surface area contributed by atoms with Crippen LogP contribution in [0.4, 0.5) is 0 Å². The van der Waals surface area contributed by atoms with Crippen molar-refractivity contribution < 1.29 is 0 Å². The van der Waals surface area contributed by atoms with Crippen LogP contribution < -0.4 is 0 Å². The second-order valence-electron chi connectivity index (χ2n) is 4.29. The van der Waals surface area contributed by atoms with Crippen molar-refractivity contribution in [3.63, 3.8) is 0 Å². The summed E-state index contributed by atoms with van der Waals surface area (Å²) in [6.45, 7) is 4.47. The number of nitrogens with zero attached hydrogens (tertiary/aromatic N) is 1. The second kappa shape index (κ2) is 4.45. The Morgan fingerprint density at radius 2 is 1.93 bits per heavy atom. The summed E-state index contributed by atoms with van der Waals surface area (Å²) in [6.07, 6.45) is 0. The molecule has 0 fully saturated rings. The van der Waals surface area contributed by atoms with Gasteiger partial charge in [0.05, 0.1) is 0 Å². The van der Waals surface area contributed by atoms with Gasteiger partial charge in [-0.05, 0) is 39.1 Å². The van der Waals surface area contributed by atoms with Gasteiger partial charge in [0.15, 0.2) is 0 Å². The number of rotatable bonds is 3. The summed E-state index contributed by atoms with van der Waals surface area (Å²) in [5.41, 5.74) is 2.79.